The number of nitrogens with one attached hydrogen (secondary N) is 1. The van der Waals surface area contributed by atoms with Crippen molar-refractivity contribution in [3.05, 3.63) is 65.4 Å². The number of carbonyl (C=O) groups is 1. The third-order valence-electron chi connectivity index (χ3n) is 5.18. The van der Waals surface area contributed by atoms with E-state index in [0.29, 0.717) is 31.1 Å². The van der Waals surface area contributed by atoms with E-state index >= 15 is 0 Å². The van der Waals surface area contributed by atoms with Crippen molar-refractivity contribution in [3.63, 3.8) is 0 Å². The number of hydrogen-bond acceptors (Lipinski definition) is 4. The van der Waals surface area contributed by atoms with E-state index in [1.165, 1.54) is 11.3 Å². The van der Waals surface area contributed by atoms with Crippen LogP contribution in [0, 0.1) is 0 Å². The number of benzene rings is 1. The SMILES string of the molecule is CCOc1ccccc1NC(=O)N(Cc1ccco1)Cc1nn(C)c2c1CCC2. The lowest BCUT2D eigenvalue weighted by Crippen LogP contribution is -2.34. The van der Waals surface area contributed by atoms with E-state index in [-0.39, 0.29) is 6.03 Å². The van der Waals surface area contributed by atoms with E-state index in [1.807, 2.05) is 55.1 Å². The summed E-state index contributed by atoms with van der Waals surface area (Å²) in [4.78, 5) is 14.9. The van der Waals surface area contributed by atoms with Crippen LogP contribution in [0.4, 0.5) is 10.5 Å². The number of carbonyl (C=O) groups excluding carboxylic acids is 1. The Balaban J connectivity index is 1.57. The van der Waals surface area contributed by atoms with Gasteiger partial charge >= 0.3 is 6.03 Å². The molecule has 1 aliphatic rings. The number of fused-ring (bicyclic) bond motifs is 1. The Labute approximate surface area is 170 Å². The van der Waals surface area contributed by atoms with Crippen molar-refractivity contribution >= 4 is 11.7 Å². The molecule has 0 atom stereocenters. The van der Waals surface area contributed by atoms with Crippen molar-refractivity contribution in [1.29, 1.82) is 0 Å². The largest absolute Gasteiger partial charge is 0.492 e. The number of ether oxygens (including phenoxy) is 1. The second-order valence-electron chi connectivity index (χ2n) is 7.14. The summed E-state index contributed by atoms with van der Waals surface area (Å²) in [5.74, 6) is 1.38. The summed E-state index contributed by atoms with van der Waals surface area (Å²) in [6.07, 6.45) is 4.82. The molecule has 0 fully saturated rings. The molecule has 0 radical (unpaired) electrons. The van der Waals surface area contributed by atoms with Gasteiger partial charge in [0.05, 0.1) is 37.3 Å². The summed E-state index contributed by atoms with van der Waals surface area (Å²) >= 11 is 0. The quantitative estimate of drug-likeness (QED) is 0.654. The van der Waals surface area contributed by atoms with Crippen molar-refractivity contribution in [2.45, 2.75) is 39.3 Å². The number of aromatic nitrogens is 2. The maximum Gasteiger partial charge on any atom is 0.322 e. The van der Waals surface area contributed by atoms with Crippen LogP contribution < -0.4 is 10.1 Å². The monoisotopic (exact) mass is 394 g/mol. The molecule has 0 unspecified atom stereocenters. The zero-order valence-electron chi connectivity index (χ0n) is 16.9. The molecule has 7 heteroatoms. The molecule has 2 aromatic heterocycles. The average molecular weight is 394 g/mol. The second kappa shape index (κ2) is 8.43. The number of rotatable bonds is 7. The maximum atomic E-state index is 13.2. The zero-order chi connectivity index (χ0) is 20.2. The van der Waals surface area contributed by atoms with Crippen LogP contribution in [0.5, 0.6) is 5.75 Å². The summed E-state index contributed by atoms with van der Waals surface area (Å²) in [7, 11) is 1.98. The summed E-state index contributed by atoms with van der Waals surface area (Å²) in [6.45, 7) is 3.24. The van der Waals surface area contributed by atoms with Crippen molar-refractivity contribution in [2.75, 3.05) is 11.9 Å². The number of urea groups is 1. The van der Waals surface area contributed by atoms with Crippen LogP contribution in [0.15, 0.2) is 47.1 Å². The summed E-state index contributed by atoms with van der Waals surface area (Å²) in [5, 5.41) is 7.67. The number of hydrogen-bond donors (Lipinski definition) is 1. The third-order valence-corrected chi connectivity index (χ3v) is 5.18. The summed E-state index contributed by atoms with van der Waals surface area (Å²) in [5.41, 5.74) is 4.16. The number of amides is 2. The van der Waals surface area contributed by atoms with Crippen molar-refractivity contribution in [3.8, 4) is 5.75 Å². The van der Waals surface area contributed by atoms with Gasteiger partial charge in [-0.25, -0.2) is 4.79 Å². The molecule has 152 valence electrons. The molecular formula is C22H26N4O3. The topological polar surface area (TPSA) is 72.5 Å². The van der Waals surface area contributed by atoms with Gasteiger partial charge in [0.2, 0.25) is 0 Å². The number of anilines is 1. The maximum absolute atomic E-state index is 13.2. The predicted octanol–water partition coefficient (Wildman–Crippen LogP) is 4.13. The Bertz CT molecular complexity index is 978. The van der Waals surface area contributed by atoms with E-state index in [9.17, 15) is 4.79 Å². The minimum absolute atomic E-state index is 0.217. The Hall–Kier alpha value is -3.22. The molecule has 0 aliphatic heterocycles. The fourth-order valence-electron chi connectivity index (χ4n) is 3.84. The highest BCUT2D eigenvalue weighted by Gasteiger charge is 2.25. The minimum atomic E-state index is -0.217. The Morgan fingerprint density at radius 2 is 2.10 bits per heavy atom. The van der Waals surface area contributed by atoms with Crippen LogP contribution in [0.25, 0.3) is 0 Å². The molecule has 4 rings (SSSR count). The van der Waals surface area contributed by atoms with Gasteiger partial charge in [-0.2, -0.15) is 5.10 Å². The smallest absolute Gasteiger partial charge is 0.322 e. The zero-order valence-corrected chi connectivity index (χ0v) is 16.9. The van der Waals surface area contributed by atoms with Gasteiger partial charge in [0.1, 0.15) is 11.5 Å². The van der Waals surface area contributed by atoms with Gasteiger partial charge in [0.25, 0.3) is 0 Å². The van der Waals surface area contributed by atoms with Crippen molar-refractivity contribution < 1.29 is 13.9 Å². The number of nitrogens with zero attached hydrogens (tertiary/aromatic N) is 3. The molecule has 2 heterocycles. The molecule has 7 nitrogen and oxygen atoms in total. The molecule has 3 aromatic rings. The molecule has 2 amide bonds. The first kappa shape index (κ1) is 19.1. The van der Waals surface area contributed by atoms with Gasteiger partial charge in [-0.05, 0) is 56.0 Å². The number of para-hydroxylation sites is 2. The Kier molecular flexibility index (Phi) is 5.55. The standard InChI is InChI=1S/C22H26N4O3/c1-3-28-21-12-5-4-10-18(21)23-22(27)26(14-16-8-7-13-29-16)15-19-17-9-6-11-20(17)25(2)24-19/h4-5,7-8,10,12-13H,3,6,9,11,14-15H2,1-2H3,(H,23,27). The van der Waals surface area contributed by atoms with Crippen LogP contribution >= 0.6 is 0 Å². The van der Waals surface area contributed by atoms with Crippen LogP contribution in [0.3, 0.4) is 0 Å². The lowest BCUT2D eigenvalue weighted by molar-refractivity contribution is 0.200. The molecule has 1 aromatic carbocycles. The molecule has 0 spiro atoms. The van der Waals surface area contributed by atoms with Gasteiger partial charge < -0.3 is 19.4 Å². The number of furan rings is 1. The molecule has 1 aliphatic carbocycles. The Morgan fingerprint density at radius 1 is 1.24 bits per heavy atom. The van der Waals surface area contributed by atoms with E-state index < -0.39 is 0 Å². The summed E-state index contributed by atoms with van der Waals surface area (Å²) < 4.78 is 13.1. The van der Waals surface area contributed by atoms with E-state index in [4.69, 9.17) is 9.15 Å². The Morgan fingerprint density at radius 3 is 2.90 bits per heavy atom. The van der Waals surface area contributed by atoms with Crippen LogP contribution in [-0.4, -0.2) is 27.3 Å². The normalized spacial score (nSPS) is 12.6. The predicted molar refractivity (Wildman–Crippen MR) is 110 cm³/mol. The molecule has 0 saturated carbocycles. The van der Waals surface area contributed by atoms with Crippen molar-refractivity contribution in [1.82, 2.24) is 14.7 Å². The van der Waals surface area contributed by atoms with E-state index in [0.717, 1.165) is 30.7 Å². The van der Waals surface area contributed by atoms with E-state index in [1.54, 1.807) is 11.2 Å². The highest BCUT2D eigenvalue weighted by Crippen LogP contribution is 2.27. The first-order valence-corrected chi connectivity index (χ1v) is 9.99. The third kappa shape index (κ3) is 4.13. The highest BCUT2D eigenvalue weighted by molar-refractivity contribution is 5.90. The van der Waals surface area contributed by atoms with Crippen LogP contribution in [0.2, 0.25) is 0 Å². The molecular weight excluding hydrogens is 368 g/mol. The molecule has 0 saturated heterocycles. The van der Waals surface area contributed by atoms with E-state index in [2.05, 4.69) is 10.4 Å². The molecule has 0 bridgehead atoms. The van der Waals surface area contributed by atoms with Gasteiger partial charge in [-0.3, -0.25) is 4.68 Å². The van der Waals surface area contributed by atoms with Gasteiger partial charge in [0.15, 0.2) is 0 Å². The minimum Gasteiger partial charge on any atom is -0.492 e. The first-order chi connectivity index (χ1) is 14.2. The van der Waals surface area contributed by atoms with Crippen LogP contribution in [0.1, 0.15) is 36.1 Å². The average Bonchev–Trinajstić information content (AvgIpc) is 3.44. The molecule has 1 N–H and O–H groups in total. The lowest BCUT2D eigenvalue weighted by Gasteiger charge is -2.22. The molecule has 29 heavy (non-hydrogen) atoms. The number of aryl methyl sites for hydroxylation is 1. The summed E-state index contributed by atoms with van der Waals surface area (Å²) in [6, 6.07) is 10.9. The van der Waals surface area contributed by atoms with Crippen LogP contribution in [-0.2, 0) is 33.0 Å². The van der Waals surface area contributed by atoms with Crippen molar-refractivity contribution in [2.24, 2.45) is 7.05 Å². The highest BCUT2D eigenvalue weighted by atomic mass is 16.5. The van der Waals surface area contributed by atoms with Gasteiger partial charge in [-0.1, -0.05) is 12.1 Å². The first-order valence-electron chi connectivity index (χ1n) is 9.99. The van der Waals surface area contributed by atoms with Gasteiger partial charge in [0, 0.05) is 12.7 Å². The van der Waals surface area contributed by atoms with Gasteiger partial charge in [-0.15, -0.1) is 0 Å². The second-order valence-corrected chi connectivity index (χ2v) is 7.14. The fourth-order valence-corrected chi connectivity index (χ4v) is 3.84. The fraction of sp³-hybridized carbons (Fsp3) is 0.364. The lowest BCUT2D eigenvalue weighted by atomic mass is 10.2.